The van der Waals surface area contributed by atoms with E-state index >= 15 is 0 Å². The van der Waals surface area contributed by atoms with E-state index in [1.54, 1.807) is 26.0 Å². The molecule has 0 spiro atoms. The van der Waals surface area contributed by atoms with Crippen molar-refractivity contribution in [1.82, 2.24) is 10.6 Å². The fourth-order valence-electron chi connectivity index (χ4n) is 3.73. The molecule has 1 saturated heterocycles. The summed E-state index contributed by atoms with van der Waals surface area (Å²) in [5.41, 5.74) is 2.21. The number of thioether (sulfide) groups is 1. The number of benzene rings is 1. The molecule has 0 bridgehead atoms. The summed E-state index contributed by atoms with van der Waals surface area (Å²) in [6, 6.07) is 8.14. The average Bonchev–Trinajstić information content (AvgIpc) is 2.69. The van der Waals surface area contributed by atoms with Crippen molar-refractivity contribution in [3.8, 4) is 0 Å². The van der Waals surface area contributed by atoms with Crippen LogP contribution in [0.15, 0.2) is 29.2 Å². The number of carbonyl (C=O) groups is 2. The first kappa shape index (κ1) is 20.9. The van der Waals surface area contributed by atoms with Gasteiger partial charge in [-0.2, -0.15) is 0 Å². The number of nitrogens with one attached hydrogen (secondary N) is 2. The summed E-state index contributed by atoms with van der Waals surface area (Å²) >= 11 is 1.64. The lowest BCUT2D eigenvalue weighted by molar-refractivity contribution is -0.132. The van der Waals surface area contributed by atoms with Crippen molar-refractivity contribution < 1.29 is 19.1 Å². The molecule has 0 radical (unpaired) electrons. The molecule has 1 aromatic carbocycles. The summed E-state index contributed by atoms with van der Waals surface area (Å²) in [5, 5.41) is 6.31. The number of aryl methyl sites for hydroxylation is 1. The van der Waals surface area contributed by atoms with Gasteiger partial charge in [0.2, 0.25) is 5.91 Å². The first-order valence-corrected chi connectivity index (χ1v) is 10.5. The van der Waals surface area contributed by atoms with Crippen molar-refractivity contribution in [1.29, 1.82) is 0 Å². The van der Waals surface area contributed by atoms with E-state index < -0.39 is 6.29 Å². The Balaban J connectivity index is 1.58. The average molecular weight is 405 g/mol. The molecule has 1 heterocycles. The van der Waals surface area contributed by atoms with Crippen molar-refractivity contribution in [3.63, 3.8) is 0 Å². The van der Waals surface area contributed by atoms with Gasteiger partial charge in [0.25, 0.3) is 5.91 Å². The molecular weight excluding hydrogens is 376 g/mol. The molecule has 1 aromatic rings. The third-order valence-corrected chi connectivity index (χ3v) is 6.71. The molecule has 2 aliphatic rings. The van der Waals surface area contributed by atoms with Crippen LogP contribution in [0, 0.1) is 12.8 Å². The normalized spacial score (nSPS) is 26.1. The second-order valence-corrected chi connectivity index (χ2v) is 8.60. The molecule has 152 valence electrons. The molecule has 2 N–H and O–H groups in total. The maximum atomic E-state index is 12.6. The van der Waals surface area contributed by atoms with Crippen LogP contribution in [0.5, 0.6) is 0 Å². The molecule has 7 heteroatoms. The Morgan fingerprint density at radius 3 is 2.86 bits per heavy atom. The number of methoxy groups -OCH3 is 2. The monoisotopic (exact) mass is 404 g/mol. The van der Waals surface area contributed by atoms with Crippen LogP contribution in [0.25, 0.3) is 6.08 Å². The summed E-state index contributed by atoms with van der Waals surface area (Å²) in [7, 11) is 3.09. The molecule has 3 rings (SSSR count). The summed E-state index contributed by atoms with van der Waals surface area (Å²) in [6.07, 6.45) is 3.89. The standard InChI is InChI=1S/C21H28N2O4S/c1-13-5-4-6-14(9-13)10-18-21(25)23-16-11-15(7-8-17(16)28-18)20(24)22-12-19(26-2)27-3/h4-6,9-10,15-17,19H,7-8,11-12H2,1-3H3,(H,22,24)(H,23,25)/b18-10+. The number of fused-ring (bicyclic) bond motifs is 1. The third kappa shape index (κ3) is 5.16. The Bertz CT molecular complexity index is 748. The maximum absolute atomic E-state index is 12.6. The number of rotatable bonds is 6. The van der Waals surface area contributed by atoms with Crippen LogP contribution in [0.4, 0.5) is 0 Å². The fourth-order valence-corrected chi connectivity index (χ4v) is 5.03. The highest BCUT2D eigenvalue weighted by molar-refractivity contribution is 8.04. The zero-order chi connectivity index (χ0) is 20.1. The van der Waals surface area contributed by atoms with Gasteiger partial charge in [-0.3, -0.25) is 9.59 Å². The molecule has 2 fully saturated rings. The first-order chi connectivity index (χ1) is 13.5. The van der Waals surface area contributed by atoms with Crippen molar-refractivity contribution in [2.75, 3.05) is 20.8 Å². The molecule has 1 aliphatic heterocycles. The number of amides is 2. The minimum absolute atomic E-state index is 0.00195. The van der Waals surface area contributed by atoms with Gasteiger partial charge in [-0.05, 0) is 37.8 Å². The zero-order valence-electron chi connectivity index (χ0n) is 16.6. The van der Waals surface area contributed by atoms with E-state index in [9.17, 15) is 9.59 Å². The number of hydrogen-bond donors (Lipinski definition) is 2. The Morgan fingerprint density at radius 2 is 2.14 bits per heavy atom. The van der Waals surface area contributed by atoms with Gasteiger partial charge in [-0.1, -0.05) is 29.8 Å². The molecule has 28 heavy (non-hydrogen) atoms. The highest BCUT2D eigenvalue weighted by atomic mass is 32.2. The topological polar surface area (TPSA) is 76.7 Å². The third-order valence-electron chi connectivity index (χ3n) is 5.28. The lowest BCUT2D eigenvalue weighted by Gasteiger charge is -2.39. The highest BCUT2D eigenvalue weighted by Crippen LogP contribution is 2.39. The van der Waals surface area contributed by atoms with E-state index in [1.807, 2.05) is 31.2 Å². The van der Waals surface area contributed by atoms with Crippen molar-refractivity contribution >= 4 is 29.7 Å². The van der Waals surface area contributed by atoms with Gasteiger partial charge >= 0.3 is 0 Å². The van der Waals surface area contributed by atoms with Crippen LogP contribution in [-0.4, -0.2) is 50.2 Å². The van der Waals surface area contributed by atoms with Crippen LogP contribution in [0.2, 0.25) is 0 Å². The van der Waals surface area contributed by atoms with Gasteiger partial charge in [0, 0.05) is 31.4 Å². The number of hydrogen-bond acceptors (Lipinski definition) is 5. The first-order valence-electron chi connectivity index (χ1n) is 9.59. The minimum Gasteiger partial charge on any atom is -0.354 e. The van der Waals surface area contributed by atoms with Gasteiger partial charge in [-0.25, -0.2) is 0 Å². The Hall–Kier alpha value is -1.83. The van der Waals surface area contributed by atoms with Crippen LogP contribution in [0.1, 0.15) is 30.4 Å². The molecule has 1 saturated carbocycles. The Kier molecular flexibility index (Phi) is 7.15. The summed E-state index contributed by atoms with van der Waals surface area (Å²) in [4.78, 5) is 25.8. The molecule has 1 aliphatic carbocycles. The largest absolute Gasteiger partial charge is 0.354 e. The second-order valence-electron chi connectivity index (χ2n) is 7.32. The molecule has 3 unspecified atom stereocenters. The molecule has 0 aromatic heterocycles. The summed E-state index contributed by atoms with van der Waals surface area (Å²) in [5.74, 6) is -0.149. The van der Waals surface area contributed by atoms with E-state index in [0.717, 1.165) is 23.3 Å². The lowest BCUT2D eigenvalue weighted by atomic mass is 9.84. The van der Waals surface area contributed by atoms with Gasteiger partial charge in [0.15, 0.2) is 6.29 Å². The molecule has 3 atom stereocenters. The predicted octanol–water partition coefficient (Wildman–Crippen LogP) is 2.47. The lowest BCUT2D eigenvalue weighted by Crippen LogP contribution is -2.52. The van der Waals surface area contributed by atoms with Gasteiger partial charge in [0.05, 0.1) is 11.4 Å². The van der Waals surface area contributed by atoms with E-state index in [1.165, 1.54) is 5.56 Å². The quantitative estimate of drug-likeness (QED) is 0.563. The van der Waals surface area contributed by atoms with Crippen LogP contribution in [-0.2, 0) is 19.1 Å². The summed E-state index contributed by atoms with van der Waals surface area (Å²) in [6.45, 7) is 2.36. The predicted molar refractivity (Wildman–Crippen MR) is 111 cm³/mol. The Morgan fingerprint density at radius 1 is 1.36 bits per heavy atom. The molecular formula is C21H28N2O4S. The van der Waals surface area contributed by atoms with E-state index in [4.69, 9.17) is 9.47 Å². The van der Waals surface area contributed by atoms with E-state index in [-0.39, 0.29) is 23.8 Å². The van der Waals surface area contributed by atoms with Gasteiger partial charge < -0.3 is 20.1 Å². The van der Waals surface area contributed by atoms with Gasteiger partial charge in [0.1, 0.15) is 0 Å². The SMILES string of the molecule is COC(CNC(=O)C1CCC2S/C(=C/c3cccc(C)c3)C(=O)NC2C1)OC. The Labute approximate surface area is 170 Å². The van der Waals surface area contributed by atoms with E-state index in [2.05, 4.69) is 16.7 Å². The smallest absolute Gasteiger partial charge is 0.257 e. The molecule has 6 nitrogen and oxygen atoms in total. The summed E-state index contributed by atoms with van der Waals surface area (Å²) < 4.78 is 10.2. The fraction of sp³-hybridized carbons (Fsp3) is 0.524. The molecule has 2 amide bonds. The van der Waals surface area contributed by atoms with E-state index in [0.29, 0.717) is 18.2 Å². The number of carbonyl (C=O) groups excluding carboxylic acids is 2. The van der Waals surface area contributed by atoms with Crippen molar-refractivity contribution in [2.24, 2.45) is 5.92 Å². The maximum Gasteiger partial charge on any atom is 0.257 e. The van der Waals surface area contributed by atoms with Crippen molar-refractivity contribution in [2.45, 2.75) is 43.8 Å². The van der Waals surface area contributed by atoms with Crippen molar-refractivity contribution in [3.05, 3.63) is 40.3 Å². The van der Waals surface area contributed by atoms with Crippen LogP contribution in [0.3, 0.4) is 0 Å². The minimum atomic E-state index is -0.445. The van der Waals surface area contributed by atoms with Crippen LogP contribution < -0.4 is 10.6 Å². The highest BCUT2D eigenvalue weighted by Gasteiger charge is 2.39. The zero-order valence-corrected chi connectivity index (χ0v) is 17.4. The second kappa shape index (κ2) is 9.58. The number of ether oxygens (including phenoxy) is 2. The van der Waals surface area contributed by atoms with Gasteiger partial charge in [-0.15, -0.1) is 11.8 Å². The van der Waals surface area contributed by atoms with Crippen LogP contribution >= 0.6 is 11.8 Å².